The van der Waals surface area contributed by atoms with E-state index >= 15 is 0 Å². The van der Waals surface area contributed by atoms with E-state index in [1.54, 1.807) is 27.4 Å². The molecule has 0 N–H and O–H groups in total. The van der Waals surface area contributed by atoms with Crippen LogP contribution in [0.1, 0.15) is 29.1 Å². The number of benzene rings is 1. The molecule has 1 atom stereocenters. The quantitative estimate of drug-likeness (QED) is 0.866. The molecule has 1 amide bonds. The highest BCUT2D eigenvalue weighted by molar-refractivity contribution is 5.92. The Labute approximate surface area is 124 Å². The molecule has 110 valence electrons. The van der Waals surface area contributed by atoms with Crippen LogP contribution in [0, 0.1) is 0 Å². The minimum Gasteiger partial charge on any atom is -0.377 e. The summed E-state index contributed by atoms with van der Waals surface area (Å²) < 4.78 is 5.32. The summed E-state index contributed by atoms with van der Waals surface area (Å²) in [5, 5.41) is 0. The zero-order valence-electron chi connectivity index (χ0n) is 12.7. The van der Waals surface area contributed by atoms with Gasteiger partial charge < -0.3 is 9.64 Å². The van der Waals surface area contributed by atoms with Crippen molar-refractivity contribution >= 4 is 5.91 Å². The monoisotopic (exact) mass is 285 g/mol. The largest absolute Gasteiger partial charge is 0.377 e. The van der Waals surface area contributed by atoms with Gasteiger partial charge in [-0.3, -0.25) is 9.78 Å². The number of ether oxygens (including phenoxy) is 1. The Morgan fingerprint density at radius 3 is 2.71 bits per heavy atom. The average Bonchev–Trinajstić information content (AvgIpc) is 2.53. The fourth-order valence-electron chi connectivity index (χ4n) is 1.92. The van der Waals surface area contributed by atoms with E-state index in [9.17, 15) is 4.79 Å². The highest BCUT2D eigenvalue weighted by Crippen LogP contribution is 2.23. The Morgan fingerprint density at radius 2 is 2.05 bits per heavy atom. The molecule has 1 aromatic heterocycles. The van der Waals surface area contributed by atoms with Gasteiger partial charge in [0, 0.05) is 26.8 Å². The molecule has 5 heteroatoms. The maximum absolute atomic E-state index is 12.0. The maximum atomic E-state index is 12.0. The van der Waals surface area contributed by atoms with Crippen molar-refractivity contribution < 1.29 is 9.53 Å². The third-order valence-electron chi connectivity index (χ3n) is 3.27. The number of hydrogen-bond acceptors (Lipinski definition) is 4. The van der Waals surface area contributed by atoms with E-state index in [1.165, 1.54) is 11.1 Å². The highest BCUT2D eigenvalue weighted by atomic mass is 16.5. The minimum atomic E-state index is -0.161. The van der Waals surface area contributed by atoms with Gasteiger partial charge in [0.15, 0.2) is 0 Å². The Bertz CT molecular complexity index is 641. The zero-order valence-corrected chi connectivity index (χ0v) is 12.7. The van der Waals surface area contributed by atoms with Gasteiger partial charge in [-0.05, 0) is 18.6 Å². The molecule has 1 aromatic carbocycles. The third kappa shape index (κ3) is 3.44. The average molecular weight is 285 g/mol. The smallest absolute Gasteiger partial charge is 0.273 e. The highest BCUT2D eigenvalue weighted by Gasteiger charge is 2.12. The van der Waals surface area contributed by atoms with E-state index in [0.717, 1.165) is 11.1 Å². The normalized spacial score (nSPS) is 12.0. The lowest BCUT2D eigenvalue weighted by atomic mass is 10.1. The summed E-state index contributed by atoms with van der Waals surface area (Å²) in [5.74, 6) is -0.161. The summed E-state index contributed by atoms with van der Waals surface area (Å²) in [6.45, 7) is 1.98. The number of nitrogens with zero attached hydrogens (tertiary/aromatic N) is 3. The molecule has 0 fully saturated rings. The standard InChI is InChI=1S/C16H19N3O2/c1-11(21-4)12-6-5-7-13(8-12)14-9-17-10-15(18-14)16(20)19(2)3/h5-11H,1-4H3. The topological polar surface area (TPSA) is 55.3 Å². The summed E-state index contributed by atoms with van der Waals surface area (Å²) in [6, 6.07) is 7.89. The van der Waals surface area contributed by atoms with Crippen molar-refractivity contribution in [3.63, 3.8) is 0 Å². The molecule has 1 unspecified atom stereocenters. The molecule has 1 heterocycles. The molecule has 0 aliphatic carbocycles. The third-order valence-corrected chi connectivity index (χ3v) is 3.27. The van der Waals surface area contributed by atoms with E-state index < -0.39 is 0 Å². The second-order valence-electron chi connectivity index (χ2n) is 4.99. The molecule has 5 nitrogen and oxygen atoms in total. The Balaban J connectivity index is 2.38. The molecule has 21 heavy (non-hydrogen) atoms. The van der Waals surface area contributed by atoms with Gasteiger partial charge in [-0.2, -0.15) is 0 Å². The lowest BCUT2D eigenvalue weighted by molar-refractivity contribution is 0.0821. The number of aromatic nitrogens is 2. The summed E-state index contributed by atoms with van der Waals surface area (Å²) in [7, 11) is 5.06. The molecule has 0 saturated heterocycles. The Hall–Kier alpha value is -2.27. The van der Waals surface area contributed by atoms with Crippen molar-refractivity contribution in [2.45, 2.75) is 13.0 Å². The van der Waals surface area contributed by atoms with Crippen molar-refractivity contribution in [2.24, 2.45) is 0 Å². The first-order chi connectivity index (χ1) is 10.0. The molecule has 0 radical (unpaired) electrons. The number of amides is 1. The summed E-state index contributed by atoms with van der Waals surface area (Å²) >= 11 is 0. The fraction of sp³-hybridized carbons (Fsp3) is 0.312. The van der Waals surface area contributed by atoms with Crippen molar-refractivity contribution in [3.05, 3.63) is 47.9 Å². The van der Waals surface area contributed by atoms with Gasteiger partial charge in [-0.1, -0.05) is 18.2 Å². The van der Waals surface area contributed by atoms with Gasteiger partial charge in [0.1, 0.15) is 5.69 Å². The van der Waals surface area contributed by atoms with Crippen LogP contribution in [0.2, 0.25) is 0 Å². The van der Waals surface area contributed by atoms with E-state index in [4.69, 9.17) is 4.74 Å². The molecule has 0 aliphatic rings. The first-order valence-corrected chi connectivity index (χ1v) is 6.69. The van der Waals surface area contributed by atoms with Crippen molar-refractivity contribution in [3.8, 4) is 11.3 Å². The van der Waals surface area contributed by atoms with Crippen LogP contribution in [0.4, 0.5) is 0 Å². The van der Waals surface area contributed by atoms with Gasteiger partial charge in [-0.15, -0.1) is 0 Å². The summed E-state index contributed by atoms with van der Waals surface area (Å²) in [6.07, 6.45) is 3.14. The predicted molar refractivity (Wildman–Crippen MR) is 80.9 cm³/mol. The molecule has 2 rings (SSSR count). The van der Waals surface area contributed by atoms with Crippen molar-refractivity contribution in [2.75, 3.05) is 21.2 Å². The maximum Gasteiger partial charge on any atom is 0.273 e. The molecule has 0 spiro atoms. The van der Waals surface area contributed by atoms with Crippen LogP contribution >= 0.6 is 0 Å². The first-order valence-electron chi connectivity index (χ1n) is 6.69. The van der Waals surface area contributed by atoms with Crippen LogP contribution in [0.25, 0.3) is 11.3 Å². The van der Waals surface area contributed by atoms with Gasteiger partial charge in [0.25, 0.3) is 5.91 Å². The van der Waals surface area contributed by atoms with Gasteiger partial charge in [0.05, 0.1) is 24.2 Å². The summed E-state index contributed by atoms with van der Waals surface area (Å²) in [4.78, 5) is 22.0. The molecular weight excluding hydrogens is 266 g/mol. The van der Waals surface area contributed by atoms with Crippen LogP contribution in [0.3, 0.4) is 0 Å². The van der Waals surface area contributed by atoms with Gasteiger partial charge in [-0.25, -0.2) is 4.98 Å². The van der Waals surface area contributed by atoms with E-state index in [2.05, 4.69) is 9.97 Å². The molecule has 0 saturated carbocycles. The first kappa shape index (κ1) is 15.1. The van der Waals surface area contributed by atoms with Crippen LogP contribution in [0.5, 0.6) is 0 Å². The number of hydrogen-bond donors (Lipinski definition) is 0. The number of rotatable bonds is 4. The minimum absolute atomic E-state index is 0.00417. The molecular formula is C16H19N3O2. The number of methoxy groups -OCH3 is 1. The van der Waals surface area contributed by atoms with Crippen LogP contribution in [-0.2, 0) is 4.74 Å². The van der Waals surface area contributed by atoms with E-state index in [1.807, 2.05) is 31.2 Å². The van der Waals surface area contributed by atoms with Gasteiger partial charge in [0.2, 0.25) is 0 Å². The van der Waals surface area contributed by atoms with Crippen molar-refractivity contribution in [1.82, 2.24) is 14.9 Å². The van der Waals surface area contributed by atoms with Crippen molar-refractivity contribution in [1.29, 1.82) is 0 Å². The van der Waals surface area contributed by atoms with Gasteiger partial charge >= 0.3 is 0 Å². The van der Waals surface area contributed by atoms with E-state index in [-0.39, 0.29) is 12.0 Å². The number of carbonyl (C=O) groups excluding carboxylic acids is 1. The Kier molecular flexibility index (Phi) is 4.65. The second-order valence-corrected chi connectivity index (χ2v) is 4.99. The fourth-order valence-corrected chi connectivity index (χ4v) is 1.92. The Morgan fingerprint density at radius 1 is 1.29 bits per heavy atom. The molecule has 0 bridgehead atoms. The van der Waals surface area contributed by atoms with Crippen LogP contribution in [0.15, 0.2) is 36.7 Å². The lowest BCUT2D eigenvalue weighted by Crippen LogP contribution is -2.23. The summed E-state index contributed by atoms with van der Waals surface area (Å²) in [5.41, 5.74) is 2.98. The van der Waals surface area contributed by atoms with Crippen LogP contribution in [-0.4, -0.2) is 42.0 Å². The molecule has 2 aromatic rings. The SMILES string of the molecule is COC(C)c1cccc(-c2cncc(C(=O)N(C)C)n2)c1. The van der Waals surface area contributed by atoms with Crippen LogP contribution < -0.4 is 0 Å². The second kappa shape index (κ2) is 6.45. The number of carbonyl (C=O) groups is 1. The molecule has 0 aliphatic heterocycles. The van der Waals surface area contributed by atoms with E-state index in [0.29, 0.717) is 11.4 Å². The lowest BCUT2D eigenvalue weighted by Gasteiger charge is -2.12. The zero-order chi connectivity index (χ0) is 15.4. The predicted octanol–water partition coefficient (Wildman–Crippen LogP) is 2.55.